The van der Waals surface area contributed by atoms with E-state index in [0.717, 1.165) is 5.56 Å². The van der Waals surface area contributed by atoms with Gasteiger partial charge in [0, 0.05) is 54.5 Å². The number of nitrogens with zero attached hydrogens (tertiary/aromatic N) is 5. The molecule has 2 bridgehead atoms. The van der Waals surface area contributed by atoms with Gasteiger partial charge in [-0.25, -0.2) is 14.7 Å². The van der Waals surface area contributed by atoms with Crippen LogP contribution in [-0.4, -0.2) is 85.6 Å². The van der Waals surface area contributed by atoms with Crippen LogP contribution in [0.1, 0.15) is 94.6 Å². The Morgan fingerprint density at radius 2 is 1.83 bits per heavy atom. The van der Waals surface area contributed by atoms with E-state index in [1.807, 2.05) is 45.9 Å². The van der Waals surface area contributed by atoms with Gasteiger partial charge in [0.15, 0.2) is 5.82 Å². The first-order valence-corrected chi connectivity index (χ1v) is 18.2. The summed E-state index contributed by atoms with van der Waals surface area (Å²) < 4.78 is 21.1. The van der Waals surface area contributed by atoms with Crippen LogP contribution in [-0.2, 0) is 40.0 Å². The molecule has 0 radical (unpaired) electrons. The number of esters is 1. The van der Waals surface area contributed by atoms with Crippen LogP contribution in [0, 0.1) is 35.0 Å². The van der Waals surface area contributed by atoms with Crippen molar-refractivity contribution >= 4 is 29.1 Å². The average molecular weight is 724 g/mol. The van der Waals surface area contributed by atoms with E-state index in [1.165, 1.54) is 6.92 Å². The Bertz CT molecular complexity index is 1610. The highest BCUT2D eigenvalue weighted by molar-refractivity contribution is 6.00. The van der Waals surface area contributed by atoms with E-state index < -0.39 is 64.4 Å². The lowest BCUT2D eigenvalue weighted by Crippen LogP contribution is -2.58. The maximum absolute atomic E-state index is 14.2. The molecular formula is C39H57N5O8. The summed E-state index contributed by atoms with van der Waals surface area (Å²) in [5.41, 5.74) is -1.56. The van der Waals surface area contributed by atoms with Gasteiger partial charge in [-0.15, -0.1) is 0 Å². The Labute approximate surface area is 307 Å². The van der Waals surface area contributed by atoms with Crippen LogP contribution >= 0.6 is 0 Å². The zero-order valence-corrected chi connectivity index (χ0v) is 32.6. The maximum atomic E-state index is 14.2. The number of cyclic esters (lactones) is 1. The van der Waals surface area contributed by atoms with Crippen molar-refractivity contribution in [1.29, 1.82) is 0 Å². The van der Waals surface area contributed by atoms with Crippen LogP contribution in [0.2, 0.25) is 0 Å². The van der Waals surface area contributed by atoms with Crippen LogP contribution in [0.25, 0.3) is 5.82 Å². The highest BCUT2D eigenvalue weighted by Gasteiger charge is 2.53. The molecule has 4 heterocycles. The van der Waals surface area contributed by atoms with E-state index in [2.05, 4.69) is 41.0 Å². The van der Waals surface area contributed by atoms with E-state index in [9.17, 15) is 19.5 Å². The van der Waals surface area contributed by atoms with Crippen LogP contribution in [0.3, 0.4) is 0 Å². The molecular weight excluding hydrogens is 666 g/mol. The normalized spacial score (nSPS) is 34.3. The number of hydrogen-bond acceptors (Lipinski definition) is 11. The molecule has 0 aromatic carbocycles. The average Bonchev–Trinajstić information content (AvgIpc) is 3.61. The van der Waals surface area contributed by atoms with E-state index in [1.54, 1.807) is 44.0 Å². The molecule has 0 aliphatic carbocycles. The monoisotopic (exact) mass is 723 g/mol. The van der Waals surface area contributed by atoms with Crippen molar-refractivity contribution in [1.82, 2.24) is 14.8 Å². The fraction of sp³-hybridized carbons (Fsp3) is 0.667. The van der Waals surface area contributed by atoms with Crippen molar-refractivity contribution in [2.75, 3.05) is 13.2 Å². The molecule has 2 aliphatic heterocycles. The molecule has 2 saturated heterocycles. The Morgan fingerprint density at radius 3 is 2.40 bits per heavy atom. The maximum Gasteiger partial charge on any atom is 0.316 e. The fourth-order valence-corrected chi connectivity index (χ4v) is 8.48. The van der Waals surface area contributed by atoms with Crippen molar-refractivity contribution in [3.63, 3.8) is 0 Å². The second-order valence-electron chi connectivity index (χ2n) is 16.0. The highest BCUT2D eigenvalue weighted by atomic mass is 16.6. The van der Waals surface area contributed by atoms with Gasteiger partial charge in [-0.05, 0) is 57.1 Å². The van der Waals surface area contributed by atoms with Crippen LogP contribution in [0.4, 0.5) is 0 Å². The zero-order valence-electron chi connectivity index (χ0n) is 32.6. The largest absolute Gasteiger partial charge is 0.459 e. The Balaban J connectivity index is 1.85. The minimum atomic E-state index is -1.78. The number of aliphatic hydroxyl groups is 1. The van der Waals surface area contributed by atoms with Crippen LogP contribution < -0.4 is 0 Å². The number of amides is 1. The molecule has 13 nitrogen and oxygen atoms in total. The molecule has 13 heteroatoms. The molecule has 52 heavy (non-hydrogen) atoms. The van der Waals surface area contributed by atoms with Gasteiger partial charge in [0.1, 0.15) is 35.7 Å². The smallest absolute Gasteiger partial charge is 0.316 e. The van der Waals surface area contributed by atoms with Gasteiger partial charge in [0.2, 0.25) is 5.91 Å². The third kappa shape index (κ3) is 9.21. The van der Waals surface area contributed by atoms with Crippen LogP contribution in [0.5, 0.6) is 0 Å². The van der Waals surface area contributed by atoms with Gasteiger partial charge in [-0.2, -0.15) is 5.10 Å². The van der Waals surface area contributed by atoms with Gasteiger partial charge >= 0.3 is 5.97 Å². The van der Waals surface area contributed by atoms with Gasteiger partial charge < -0.3 is 24.2 Å². The first kappa shape index (κ1) is 41.0. The second-order valence-corrected chi connectivity index (χ2v) is 16.0. The number of rotatable bonds is 5. The Kier molecular flexibility index (Phi) is 13.0. The van der Waals surface area contributed by atoms with E-state index in [4.69, 9.17) is 19.0 Å². The second kappa shape index (κ2) is 16.5. The van der Waals surface area contributed by atoms with E-state index in [0.29, 0.717) is 23.7 Å². The van der Waals surface area contributed by atoms with Gasteiger partial charge in [0.05, 0.1) is 24.9 Å². The molecule has 0 spiro atoms. The quantitative estimate of drug-likeness (QED) is 0.235. The first-order chi connectivity index (χ1) is 24.3. The summed E-state index contributed by atoms with van der Waals surface area (Å²) >= 11 is 0. The lowest BCUT2D eigenvalue weighted by molar-refractivity contribution is -0.192. The van der Waals surface area contributed by atoms with Gasteiger partial charge in [0.25, 0.3) is 0 Å². The summed E-state index contributed by atoms with van der Waals surface area (Å²) in [4.78, 5) is 55.3. The van der Waals surface area contributed by atoms with Crippen molar-refractivity contribution in [3.8, 4) is 5.82 Å². The van der Waals surface area contributed by atoms with E-state index in [-0.39, 0.29) is 37.9 Å². The molecule has 4 rings (SSSR count). The topological polar surface area (TPSA) is 164 Å². The lowest BCUT2D eigenvalue weighted by atomic mass is 9.61. The number of fused-ring (bicyclic) bond motifs is 5. The Hall–Kier alpha value is -3.81. The van der Waals surface area contributed by atoms with E-state index >= 15 is 0 Å². The fourth-order valence-electron chi connectivity index (χ4n) is 8.48. The van der Waals surface area contributed by atoms with Crippen LogP contribution in [0.15, 0.2) is 46.9 Å². The summed E-state index contributed by atoms with van der Waals surface area (Å²) in [6, 6.07) is 5.52. The number of ketones is 1. The summed E-state index contributed by atoms with van der Waals surface area (Å²) in [6.07, 6.45) is 3.71. The minimum Gasteiger partial charge on any atom is -0.459 e. The summed E-state index contributed by atoms with van der Waals surface area (Å²) in [7, 11) is 0. The molecule has 2 aromatic heterocycles. The third-order valence-electron chi connectivity index (χ3n) is 10.6. The van der Waals surface area contributed by atoms with Crippen molar-refractivity contribution in [3.05, 3.63) is 42.4 Å². The predicted octanol–water partition coefficient (Wildman–Crippen LogP) is 5.55. The summed E-state index contributed by atoms with van der Waals surface area (Å²) in [5.74, 6) is -3.82. The molecule has 286 valence electrons. The molecule has 2 fully saturated rings. The molecule has 1 N–H and O–H groups in total. The number of Topliss-reactive ketones (excluding diaryl/α,β-unsaturated/α-hetero) is 1. The number of aliphatic imine (C=N–C) groups is 1. The summed E-state index contributed by atoms with van der Waals surface area (Å²) in [6.45, 7) is 20.1. The Morgan fingerprint density at radius 1 is 1.12 bits per heavy atom. The molecule has 2 aromatic rings. The van der Waals surface area contributed by atoms with Gasteiger partial charge in [-0.1, -0.05) is 59.7 Å². The lowest BCUT2D eigenvalue weighted by Gasteiger charge is -2.49. The van der Waals surface area contributed by atoms with Crippen molar-refractivity contribution < 1.29 is 38.5 Å². The molecule has 9 atom stereocenters. The number of ether oxygens (including phenoxy) is 3. The molecule has 0 saturated carbocycles. The molecule has 1 amide bonds. The number of carbonyl (C=O) groups excluding carboxylic acids is 3. The number of pyridine rings is 1. The molecule has 2 aliphatic rings. The number of oxime groups is 1. The molecule has 0 unspecified atom stereocenters. The number of aromatic nitrogens is 3. The number of hydrogen-bond donors (Lipinski definition) is 1. The van der Waals surface area contributed by atoms with Crippen molar-refractivity contribution in [2.24, 2.45) is 45.2 Å². The third-order valence-corrected chi connectivity index (χ3v) is 10.6. The highest BCUT2D eigenvalue weighted by Crippen LogP contribution is 2.47. The minimum absolute atomic E-state index is 0.0161. The van der Waals surface area contributed by atoms with Crippen molar-refractivity contribution in [2.45, 2.75) is 119 Å². The predicted molar refractivity (Wildman–Crippen MR) is 196 cm³/mol. The SMILES string of the molecule is CC[C@H]1OC(=O)[C@H](C)C(=O)[C@H](C)[C@@H](C(C)(C)C)[C@@]2(C)C[C@@H](C)/C(=N\C(C)=O)[C@H](C)[C@@H](OC/C(=N\OCc3ccc(-n4cccn4)nc3)CO2)[C@]1(C)O. The van der Waals surface area contributed by atoms with Gasteiger partial charge in [-0.3, -0.25) is 14.4 Å². The summed E-state index contributed by atoms with van der Waals surface area (Å²) in [5, 5.41) is 21.0. The first-order valence-electron chi connectivity index (χ1n) is 18.2. The number of carbonyl (C=O) groups is 3. The standard InChI is InChI=1S/C39H57N5O8/c1-12-30-39(11,48)35-24(3)32(42-27(6)45)23(2)18-38(10,34(37(7,8)9)25(4)33(46)26(5)36(47)52-30)50-22-29(21-49-35)43-51-20-28-14-15-31(40-19-28)44-17-13-16-41-44/h13-17,19,23-26,30,34-35,48H,12,18,20-22H2,1-11H3/b42-32+,43-29+/t23-,24+,25+,26-,30-,34+,35-,38-,39-/m1/s1. The zero-order chi connectivity index (χ0) is 38.6.